The standard InChI is InChI=1S/C18H20F3N3O2/c1-9-15-6-13-10(4-11(18(19,20)21)5-14(13)23-26)8-24(15)16(25)17(9)3-2-12(22)7-17/h4-5,9,12,15H,2-3,6-8,22H2,1H3/t9?,12-,15?,17+/m1/s1. The fourth-order valence-electron chi connectivity index (χ4n) is 5.20. The molecule has 0 radical (unpaired) electrons. The number of carbonyl (C=O) groups excluding carboxylic acids is 1. The average Bonchev–Trinajstić information content (AvgIpc) is 3.07. The predicted octanol–water partition coefficient (Wildman–Crippen LogP) is 3.50. The summed E-state index contributed by atoms with van der Waals surface area (Å²) in [5.41, 5.74) is 5.36. The van der Waals surface area contributed by atoms with Crippen LogP contribution >= 0.6 is 0 Å². The molecule has 2 N–H and O–H groups in total. The van der Waals surface area contributed by atoms with Crippen LogP contribution in [0.4, 0.5) is 18.9 Å². The van der Waals surface area contributed by atoms with Crippen molar-refractivity contribution in [2.45, 2.75) is 57.4 Å². The molecular weight excluding hydrogens is 347 g/mol. The highest BCUT2D eigenvalue weighted by atomic mass is 19.4. The van der Waals surface area contributed by atoms with Crippen molar-refractivity contribution < 1.29 is 18.0 Å². The smallest absolute Gasteiger partial charge is 0.334 e. The van der Waals surface area contributed by atoms with Crippen molar-refractivity contribution in [1.82, 2.24) is 4.90 Å². The molecule has 4 rings (SSSR count). The number of nitrogens with two attached hydrogens (primary N) is 1. The van der Waals surface area contributed by atoms with Crippen LogP contribution in [-0.2, 0) is 23.9 Å². The normalized spacial score (nSPS) is 33.5. The van der Waals surface area contributed by atoms with Gasteiger partial charge in [0.15, 0.2) is 0 Å². The highest BCUT2D eigenvalue weighted by Crippen LogP contribution is 2.54. The quantitative estimate of drug-likeness (QED) is 0.772. The zero-order valence-electron chi connectivity index (χ0n) is 14.3. The number of fused-ring (bicyclic) bond motifs is 2. The van der Waals surface area contributed by atoms with Crippen LogP contribution in [0.5, 0.6) is 0 Å². The first-order chi connectivity index (χ1) is 12.2. The second kappa shape index (κ2) is 5.52. The number of hydrogen-bond acceptors (Lipinski definition) is 4. The Balaban J connectivity index is 1.76. The Bertz CT molecular complexity index is 795. The van der Waals surface area contributed by atoms with Crippen LogP contribution in [0, 0.1) is 16.2 Å². The molecule has 2 unspecified atom stereocenters. The zero-order valence-corrected chi connectivity index (χ0v) is 14.3. The molecular formula is C18H20F3N3O2. The van der Waals surface area contributed by atoms with E-state index in [1.807, 2.05) is 6.92 Å². The van der Waals surface area contributed by atoms with Gasteiger partial charge in [-0.05, 0) is 60.0 Å². The van der Waals surface area contributed by atoms with Crippen molar-refractivity contribution in [3.63, 3.8) is 0 Å². The predicted molar refractivity (Wildman–Crippen MR) is 88.4 cm³/mol. The first-order valence-electron chi connectivity index (χ1n) is 8.80. The van der Waals surface area contributed by atoms with Gasteiger partial charge in [0, 0.05) is 18.6 Å². The Morgan fingerprint density at radius 2 is 2.08 bits per heavy atom. The van der Waals surface area contributed by atoms with Gasteiger partial charge in [-0.3, -0.25) is 4.79 Å². The van der Waals surface area contributed by atoms with Crippen molar-refractivity contribution in [2.24, 2.45) is 22.2 Å². The second-order valence-electron chi connectivity index (χ2n) is 7.87. The first kappa shape index (κ1) is 17.5. The Kier molecular flexibility index (Phi) is 3.70. The Morgan fingerprint density at radius 3 is 2.65 bits per heavy atom. The lowest BCUT2D eigenvalue weighted by atomic mass is 9.73. The zero-order chi connectivity index (χ0) is 18.9. The molecule has 140 valence electrons. The molecule has 4 atom stereocenters. The summed E-state index contributed by atoms with van der Waals surface area (Å²) in [4.78, 5) is 26.0. The summed E-state index contributed by atoms with van der Waals surface area (Å²) in [5, 5.41) is 2.84. The van der Waals surface area contributed by atoms with E-state index in [2.05, 4.69) is 5.18 Å². The van der Waals surface area contributed by atoms with Crippen LogP contribution in [0.3, 0.4) is 0 Å². The van der Waals surface area contributed by atoms with Gasteiger partial charge in [-0.2, -0.15) is 13.2 Å². The number of amides is 1. The van der Waals surface area contributed by atoms with Crippen molar-refractivity contribution in [3.8, 4) is 0 Å². The highest BCUT2D eigenvalue weighted by Gasteiger charge is 2.60. The highest BCUT2D eigenvalue weighted by molar-refractivity contribution is 5.87. The van der Waals surface area contributed by atoms with Gasteiger partial charge in [0.2, 0.25) is 5.91 Å². The monoisotopic (exact) mass is 367 g/mol. The second-order valence-corrected chi connectivity index (χ2v) is 7.87. The molecule has 1 aromatic carbocycles. The molecule has 26 heavy (non-hydrogen) atoms. The van der Waals surface area contributed by atoms with Crippen molar-refractivity contribution in [3.05, 3.63) is 33.7 Å². The van der Waals surface area contributed by atoms with E-state index >= 15 is 0 Å². The third-order valence-electron chi connectivity index (χ3n) is 6.62. The number of benzene rings is 1. The van der Waals surface area contributed by atoms with Crippen molar-refractivity contribution in [2.75, 3.05) is 0 Å². The lowest BCUT2D eigenvalue weighted by Crippen LogP contribution is -2.40. The summed E-state index contributed by atoms with van der Waals surface area (Å²) >= 11 is 0. The fourth-order valence-corrected chi connectivity index (χ4v) is 5.20. The molecule has 2 fully saturated rings. The Labute approximate surface area is 148 Å². The minimum Gasteiger partial charge on any atom is -0.334 e. The molecule has 5 nitrogen and oxygen atoms in total. The molecule has 8 heteroatoms. The molecule has 1 amide bonds. The number of nitroso groups, excluding NO2 is 1. The van der Waals surface area contributed by atoms with Crippen LogP contribution in [-0.4, -0.2) is 22.9 Å². The maximum atomic E-state index is 13.1. The van der Waals surface area contributed by atoms with E-state index in [9.17, 15) is 22.9 Å². The van der Waals surface area contributed by atoms with Gasteiger partial charge < -0.3 is 10.6 Å². The van der Waals surface area contributed by atoms with Gasteiger partial charge in [0.05, 0.1) is 11.0 Å². The van der Waals surface area contributed by atoms with Crippen LogP contribution in [0.1, 0.15) is 42.9 Å². The van der Waals surface area contributed by atoms with E-state index in [0.29, 0.717) is 30.4 Å². The third-order valence-corrected chi connectivity index (χ3v) is 6.62. The van der Waals surface area contributed by atoms with Crippen LogP contribution in [0.25, 0.3) is 0 Å². The molecule has 2 heterocycles. The van der Waals surface area contributed by atoms with Gasteiger partial charge in [0.25, 0.3) is 0 Å². The summed E-state index contributed by atoms with van der Waals surface area (Å²) in [7, 11) is 0. The number of alkyl halides is 3. The minimum absolute atomic E-state index is 0.00776. The average molecular weight is 367 g/mol. The Hall–Kier alpha value is -1.96. The lowest BCUT2D eigenvalue weighted by molar-refractivity contribution is -0.137. The van der Waals surface area contributed by atoms with E-state index in [1.165, 1.54) is 0 Å². The van der Waals surface area contributed by atoms with E-state index in [-0.39, 0.29) is 36.1 Å². The van der Waals surface area contributed by atoms with Gasteiger partial charge in [-0.15, -0.1) is 4.91 Å². The van der Waals surface area contributed by atoms with E-state index in [0.717, 1.165) is 18.6 Å². The first-order valence-corrected chi connectivity index (χ1v) is 8.80. The number of hydrogen-bond donors (Lipinski definition) is 1. The van der Waals surface area contributed by atoms with Crippen molar-refractivity contribution in [1.29, 1.82) is 0 Å². The fraction of sp³-hybridized carbons (Fsp3) is 0.611. The van der Waals surface area contributed by atoms with Gasteiger partial charge in [0.1, 0.15) is 5.69 Å². The maximum Gasteiger partial charge on any atom is 0.416 e. The SMILES string of the molecule is CC1C2Cc3c(cc(C(F)(F)F)cc3N=O)CN2C(=O)[C@]12CC[C@@H](N)C2. The van der Waals surface area contributed by atoms with Crippen LogP contribution < -0.4 is 5.73 Å². The maximum absolute atomic E-state index is 13.1. The summed E-state index contributed by atoms with van der Waals surface area (Å²) in [5.74, 6) is 0.0325. The van der Waals surface area contributed by atoms with Crippen molar-refractivity contribution >= 4 is 11.6 Å². The third kappa shape index (κ3) is 2.31. The van der Waals surface area contributed by atoms with Gasteiger partial charge >= 0.3 is 6.18 Å². The molecule has 3 aliphatic rings. The van der Waals surface area contributed by atoms with E-state index < -0.39 is 17.2 Å². The molecule has 1 spiro atoms. The summed E-state index contributed by atoms with van der Waals surface area (Å²) < 4.78 is 39.4. The van der Waals surface area contributed by atoms with Crippen LogP contribution in [0.15, 0.2) is 17.3 Å². The van der Waals surface area contributed by atoms with E-state index in [1.54, 1.807) is 4.90 Å². The number of rotatable bonds is 1. The summed E-state index contributed by atoms with van der Waals surface area (Å²) in [6.07, 6.45) is -2.10. The Morgan fingerprint density at radius 1 is 1.35 bits per heavy atom. The molecule has 2 aliphatic heterocycles. The molecule has 0 bridgehead atoms. The molecule has 1 aromatic rings. The molecule has 1 aliphatic carbocycles. The topological polar surface area (TPSA) is 75.8 Å². The largest absolute Gasteiger partial charge is 0.416 e. The summed E-state index contributed by atoms with van der Waals surface area (Å²) in [6, 6.07) is 1.71. The van der Waals surface area contributed by atoms with Crippen LogP contribution in [0.2, 0.25) is 0 Å². The molecule has 1 saturated carbocycles. The number of nitrogens with zero attached hydrogens (tertiary/aromatic N) is 2. The molecule has 1 saturated heterocycles. The molecule has 0 aromatic heterocycles. The number of halogens is 3. The van der Waals surface area contributed by atoms with E-state index in [4.69, 9.17) is 5.73 Å². The number of carbonyl (C=O) groups is 1. The minimum atomic E-state index is -4.56. The van der Waals surface area contributed by atoms with Gasteiger partial charge in [-0.25, -0.2) is 0 Å². The lowest BCUT2D eigenvalue weighted by Gasteiger charge is -2.34. The van der Waals surface area contributed by atoms with Gasteiger partial charge in [-0.1, -0.05) is 6.92 Å². The summed E-state index contributed by atoms with van der Waals surface area (Å²) in [6.45, 7) is 2.11.